The van der Waals surface area contributed by atoms with E-state index in [9.17, 15) is 19.2 Å². The van der Waals surface area contributed by atoms with Crippen LogP contribution in [0.1, 0.15) is 121 Å². The van der Waals surface area contributed by atoms with Gasteiger partial charge in [-0.25, -0.2) is 46.3 Å². The number of piperidine rings is 1. The van der Waals surface area contributed by atoms with Crippen LogP contribution in [0.4, 0.5) is 29.2 Å². The topological polar surface area (TPSA) is 184 Å². The number of piperazine rings is 1. The highest BCUT2D eigenvalue weighted by atomic mass is 35.5. The number of fused-ring (bicyclic) bond motifs is 12. The number of aromatic nitrogens is 8. The Hall–Kier alpha value is -8.85. The van der Waals surface area contributed by atoms with Crippen LogP contribution >= 0.6 is 11.6 Å². The summed E-state index contributed by atoms with van der Waals surface area (Å²) in [5.74, 6) is -2.01. The third kappa shape index (κ3) is 13.2. The van der Waals surface area contributed by atoms with Crippen LogP contribution in [-0.2, 0) is 22.4 Å². The molecule has 89 heavy (non-hydrogen) atoms. The summed E-state index contributed by atoms with van der Waals surface area (Å²) >= 11 is 4.71. The lowest BCUT2D eigenvalue weighted by Gasteiger charge is -2.40. The van der Waals surface area contributed by atoms with E-state index in [4.69, 9.17) is 41.0 Å². The molecule has 0 spiro atoms. The third-order valence-electron chi connectivity index (χ3n) is 16.4. The standard InChI is InChI=1S/C33H34F2N6O3.C31H33F2N5O2.C3H3ClO/c1-5-27(42)39-12-13-40(20(4)18-39)31-22-16-24(35)30-28-23(34)10-8-11-26(28)44-14-7-6-9-21-15-25(29(19(2)3)36-17-21)41(32(22)37-30)33(43)38-31;1-18(2)27-24-15-20(17-34-27)10-5-7-14-40-25-12-8-11-22(32)26(25)28-23(33)16-21-29(37-13-6-4-9-19(37)3)36-31(39)38(24)30(21)35-28;1-2-3(4)5/h5,8,10-11,15-17,19-20H,1,6-7,9,12-14,18H2,2-4H3;8,11-12,15-19H,4-7,9-10,13-14H2,1-3H3;2H,1H2/t20-;19-;/m00./s1. The van der Waals surface area contributed by atoms with E-state index < -0.39 is 39.9 Å². The zero-order valence-electron chi connectivity index (χ0n) is 50.7. The number of aryl methyl sites for hydroxylation is 2. The van der Waals surface area contributed by atoms with E-state index in [0.717, 1.165) is 55.7 Å². The molecule has 2 aromatic carbocycles. The van der Waals surface area contributed by atoms with E-state index in [1.165, 1.54) is 51.6 Å². The summed E-state index contributed by atoms with van der Waals surface area (Å²) in [7, 11) is 0. The lowest BCUT2D eigenvalue weighted by Crippen LogP contribution is -2.54. The number of benzene rings is 2. The highest BCUT2D eigenvalue weighted by Crippen LogP contribution is 2.40. The van der Waals surface area contributed by atoms with Gasteiger partial charge in [0, 0.05) is 50.7 Å². The molecular weight excluding hydrogens is 1170 g/mol. The second-order valence-corrected chi connectivity index (χ2v) is 23.6. The Morgan fingerprint density at radius 1 is 0.607 bits per heavy atom. The van der Waals surface area contributed by atoms with Crippen molar-refractivity contribution in [2.45, 2.75) is 123 Å². The zero-order valence-corrected chi connectivity index (χ0v) is 51.4. The second-order valence-electron chi connectivity index (χ2n) is 23.2. The molecule has 0 aliphatic carbocycles. The van der Waals surface area contributed by atoms with Crippen LogP contribution in [0.3, 0.4) is 0 Å². The number of halogens is 5. The van der Waals surface area contributed by atoms with Gasteiger partial charge in [0.15, 0.2) is 22.9 Å². The molecule has 8 aromatic rings. The molecule has 2 fully saturated rings. The molecule has 2 saturated heterocycles. The minimum absolute atomic E-state index is 0.00170. The van der Waals surface area contributed by atoms with Crippen LogP contribution in [-0.4, -0.2) is 107 Å². The van der Waals surface area contributed by atoms with Crippen LogP contribution < -0.4 is 30.7 Å². The summed E-state index contributed by atoms with van der Waals surface area (Å²) in [5.41, 5.74) is 2.91. The van der Waals surface area contributed by atoms with Crippen LogP contribution in [0.15, 0.2) is 108 Å². The Balaban J connectivity index is 0.000000183. The molecule has 0 N–H and O–H groups in total. The fraction of sp³-hybridized carbons (Fsp3) is 0.373. The number of nitrogens with zero attached hydrogens (tertiary/aromatic N) is 11. The van der Waals surface area contributed by atoms with Gasteiger partial charge >= 0.3 is 11.4 Å². The molecule has 1 amide bonds. The quantitative estimate of drug-likeness (QED) is 0.0870. The van der Waals surface area contributed by atoms with Crippen molar-refractivity contribution in [2.24, 2.45) is 0 Å². The summed E-state index contributed by atoms with van der Waals surface area (Å²) in [6.45, 7) is 21.1. The van der Waals surface area contributed by atoms with Gasteiger partial charge in [-0.3, -0.25) is 19.6 Å². The number of anilines is 2. The molecule has 17 nitrogen and oxygen atoms in total. The molecular formula is C67H70ClF4N11O6. The first kappa shape index (κ1) is 63.2. The summed E-state index contributed by atoms with van der Waals surface area (Å²) in [4.78, 5) is 83.3. The number of amides is 1. The lowest BCUT2D eigenvalue weighted by molar-refractivity contribution is -0.126. The largest absolute Gasteiger partial charge is 0.493 e. The highest BCUT2D eigenvalue weighted by Gasteiger charge is 2.33. The van der Waals surface area contributed by atoms with E-state index in [-0.39, 0.29) is 86.3 Å². The first-order valence-electron chi connectivity index (χ1n) is 30.1. The molecule has 22 heteroatoms. The fourth-order valence-corrected chi connectivity index (χ4v) is 11.9. The van der Waals surface area contributed by atoms with Gasteiger partial charge in [0.1, 0.15) is 46.2 Å². The fourth-order valence-electron chi connectivity index (χ4n) is 11.9. The number of allylic oxidation sites excluding steroid dienone is 1. The number of pyridine rings is 4. The molecule has 0 radical (unpaired) electrons. The maximum atomic E-state index is 16.2. The smallest absolute Gasteiger partial charge is 0.355 e. The number of carbonyl (C=O) groups excluding carboxylic acids is 2. The van der Waals surface area contributed by atoms with E-state index >= 15 is 17.6 Å². The SMILES string of the molecule is C=CC(=O)Cl.C=CC(=O)N1CCN(c2nc(=O)n3c4nc(c(F)cc24)-c2c(F)cccc2OCCCCc2cnc(C(C)C)c-3c2)[C@@H](C)C1.CC(C)c1ncc2cc1-n1c(=O)nc(N3CCCC[C@@H]3C)c3cc(F)c(nc31)-c1c(F)cccc1OCCCC2. The van der Waals surface area contributed by atoms with Crippen LogP contribution in [0, 0.1) is 23.3 Å². The van der Waals surface area contributed by atoms with Crippen LogP contribution in [0.2, 0.25) is 0 Å². The third-order valence-corrected chi connectivity index (χ3v) is 16.5. The van der Waals surface area contributed by atoms with Gasteiger partial charge in [0.2, 0.25) is 11.1 Å². The summed E-state index contributed by atoms with van der Waals surface area (Å²) in [5, 5.41) is 0.179. The number of ether oxygens (including phenoxy) is 2. The Kier molecular flexibility index (Phi) is 19.4. The monoisotopic (exact) mass is 1240 g/mol. The maximum absolute atomic E-state index is 16.2. The first-order valence-corrected chi connectivity index (χ1v) is 30.5. The van der Waals surface area contributed by atoms with Crippen molar-refractivity contribution in [3.63, 3.8) is 0 Å². The molecule has 12 rings (SSSR count). The van der Waals surface area contributed by atoms with Crippen molar-refractivity contribution >= 4 is 56.5 Å². The second kappa shape index (κ2) is 27.3. The minimum Gasteiger partial charge on any atom is -0.493 e. The molecule has 4 aliphatic rings. The van der Waals surface area contributed by atoms with Crippen molar-refractivity contribution in [3.05, 3.63) is 165 Å². The van der Waals surface area contributed by atoms with Gasteiger partial charge in [-0.2, -0.15) is 9.97 Å². The normalized spacial score (nSPS) is 16.6. The van der Waals surface area contributed by atoms with Crippen LogP contribution in [0.25, 0.3) is 56.0 Å². The minimum atomic E-state index is -0.781. The molecule has 8 bridgehead atoms. The zero-order chi connectivity index (χ0) is 63.4. The molecule has 2 atom stereocenters. The molecule has 0 unspecified atom stereocenters. The van der Waals surface area contributed by atoms with Gasteiger partial charge in [0.25, 0.3) is 0 Å². The lowest BCUT2D eigenvalue weighted by atomic mass is 10.0. The number of rotatable bonds is 6. The van der Waals surface area contributed by atoms with E-state index in [0.29, 0.717) is 92.6 Å². The van der Waals surface area contributed by atoms with Crippen molar-refractivity contribution < 1.29 is 36.6 Å². The molecule has 6 aromatic heterocycles. The number of carbonyl (C=O) groups is 2. The van der Waals surface area contributed by atoms with Gasteiger partial charge < -0.3 is 24.2 Å². The molecule has 10 heterocycles. The Morgan fingerprint density at radius 2 is 1.08 bits per heavy atom. The molecule has 4 aliphatic heterocycles. The Bertz CT molecular complexity index is 4180. The average molecular weight is 1240 g/mol. The molecule has 0 saturated carbocycles. The summed E-state index contributed by atoms with van der Waals surface area (Å²) < 4.78 is 77.6. The first-order chi connectivity index (χ1) is 42.8. The average Bonchev–Trinajstić information content (AvgIpc) is 0.757. The molecule has 464 valence electrons. The summed E-state index contributed by atoms with van der Waals surface area (Å²) in [6.07, 6.45) is 13.3. The predicted octanol–water partition coefficient (Wildman–Crippen LogP) is 12.5. The van der Waals surface area contributed by atoms with Gasteiger partial charge in [0.05, 0.1) is 57.9 Å². The van der Waals surface area contributed by atoms with Crippen molar-refractivity contribution in [2.75, 3.05) is 49.2 Å². The highest BCUT2D eigenvalue weighted by molar-refractivity contribution is 6.66. The van der Waals surface area contributed by atoms with Crippen molar-refractivity contribution in [1.29, 1.82) is 0 Å². The van der Waals surface area contributed by atoms with E-state index in [1.807, 2.05) is 64.0 Å². The predicted molar refractivity (Wildman–Crippen MR) is 337 cm³/mol. The summed E-state index contributed by atoms with van der Waals surface area (Å²) in [6, 6.07) is 15.1. The van der Waals surface area contributed by atoms with E-state index in [1.54, 1.807) is 17.0 Å². The van der Waals surface area contributed by atoms with Gasteiger partial charge in [-0.1, -0.05) is 53.0 Å². The van der Waals surface area contributed by atoms with Crippen LogP contribution in [0.5, 0.6) is 11.5 Å². The van der Waals surface area contributed by atoms with Gasteiger partial charge in [-0.05, 0) is 167 Å². The Labute approximate surface area is 517 Å². The number of hydrogen-bond acceptors (Lipinski definition) is 14. The number of hydrogen-bond donors (Lipinski definition) is 0. The van der Waals surface area contributed by atoms with Crippen molar-refractivity contribution in [1.82, 2.24) is 43.9 Å². The maximum Gasteiger partial charge on any atom is 0.355 e. The van der Waals surface area contributed by atoms with E-state index in [2.05, 4.69) is 34.9 Å². The van der Waals surface area contributed by atoms with Crippen molar-refractivity contribution in [3.8, 4) is 45.4 Å². The Morgan fingerprint density at radius 3 is 1.51 bits per heavy atom. The van der Waals surface area contributed by atoms with Gasteiger partial charge in [-0.15, -0.1) is 0 Å².